The van der Waals surface area contributed by atoms with Gasteiger partial charge in [0.25, 0.3) is 0 Å². The van der Waals surface area contributed by atoms with E-state index in [2.05, 4.69) is 4.72 Å². The van der Waals surface area contributed by atoms with E-state index in [4.69, 9.17) is 4.74 Å². The lowest BCUT2D eigenvalue weighted by atomic mass is 9.91. The van der Waals surface area contributed by atoms with Gasteiger partial charge in [0, 0.05) is 17.2 Å². The molecule has 0 saturated carbocycles. The van der Waals surface area contributed by atoms with Gasteiger partial charge in [0.1, 0.15) is 5.75 Å². The summed E-state index contributed by atoms with van der Waals surface area (Å²) in [6.07, 6.45) is -9.25. The normalized spacial score (nSPS) is 13.0. The van der Waals surface area contributed by atoms with E-state index in [0.29, 0.717) is 0 Å². The number of rotatable bonds is 5. The molecule has 0 radical (unpaired) electrons. The third kappa shape index (κ3) is 5.10. The average molecular weight is 542 g/mol. The van der Waals surface area contributed by atoms with E-state index in [0.717, 1.165) is 30.3 Å². The van der Waals surface area contributed by atoms with Crippen LogP contribution in [0, 0.1) is 0 Å². The second-order valence-electron chi connectivity index (χ2n) is 8.72. The topological polar surface area (TPSA) is 55.4 Å². The first-order chi connectivity index (χ1) is 17.1. The number of hydrogen-bond acceptors (Lipinski definition) is 3. The highest BCUT2D eigenvalue weighted by atomic mass is 32.2. The highest BCUT2D eigenvalue weighted by Gasteiger charge is 2.33. The monoisotopic (exact) mass is 541 g/mol. The maximum absolute atomic E-state index is 13.4. The van der Waals surface area contributed by atoms with Crippen molar-refractivity contribution < 1.29 is 39.5 Å². The van der Waals surface area contributed by atoms with Crippen molar-refractivity contribution in [1.29, 1.82) is 0 Å². The SMILES string of the molecule is COc1ccc2cc(C(F)(F)F)ccc2c1-c1c(S(=O)(=O)NC(C)C)ccc2cc(C(F)(F)F)ccc12. The van der Waals surface area contributed by atoms with Crippen LogP contribution in [0.1, 0.15) is 25.0 Å². The van der Waals surface area contributed by atoms with Crippen molar-refractivity contribution in [3.8, 4) is 16.9 Å². The van der Waals surface area contributed by atoms with E-state index in [1.807, 2.05) is 0 Å². The lowest BCUT2D eigenvalue weighted by molar-refractivity contribution is -0.138. The first kappa shape index (κ1) is 26.7. The molecule has 0 atom stereocenters. The standard InChI is InChI=1S/C26H21F6NO3S/c1-14(2)33-37(34,35)22-11-5-16-13-18(26(30,31)32)7-9-20(16)24(22)23-19-8-6-17(25(27,28)29)12-15(19)4-10-21(23)36-3/h4-14,33H,1-3H3. The van der Waals surface area contributed by atoms with Crippen LogP contribution in [0.4, 0.5) is 26.3 Å². The van der Waals surface area contributed by atoms with Crippen molar-refractivity contribution in [3.05, 3.63) is 71.8 Å². The summed E-state index contributed by atoms with van der Waals surface area (Å²) < 4.78 is 115. The summed E-state index contributed by atoms with van der Waals surface area (Å²) in [4.78, 5) is -0.251. The molecule has 0 spiro atoms. The first-order valence-electron chi connectivity index (χ1n) is 11.0. The van der Waals surface area contributed by atoms with Crippen molar-refractivity contribution in [2.24, 2.45) is 0 Å². The third-order valence-electron chi connectivity index (χ3n) is 5.77. The highest BCUT2D eigenvalue weighted by molar-refractivity contribution is 7.89. The van der Waals surface area contributed by atoms with E-state index in [1.165, 1.54) is 37.4 Å². The van der Waals surface area contributed by atoms with Crippen molar-refractivity contribution in [1.82, 2.24) is 4.72 Å². The van der Waals surface area contributed by atoms with E-state index in [9.17, 15) is 34.8 Å². The minimum atomic E-state index is -4.64. The van der Waals surface area contributed by atoms with Crippen molar-refractivity contribution in [2.75, 3.05) is 7.11 Å². The second-order valence-corrected chi connectivity index (χ2v) is 10.4. The van der Waals surface area contributed by atoms with E-state index < -0.39 is 39.5 Å². The highest BCUT2D eigenvalue weighted by Crippen LogP contribution is 2.45. The minimum absolute atomic E-state index is 0.0154. The summed E-state index contributed by atoms with van der Waals surface area (Å²) in [6.45, 7) is 3.20. The lowest BCUT2D eigenvalue weighted by Crippen LogP contribution is -2.30. The Morgan fingerprint density at radius 3 is 1.68 bits per heavy atom. The number of ether oxygens (including phenoxy) is 1. The number of methoxy groups -OCH3 is 1. The molecular weight excluding hydrogens is 520 g/mol. The molecule has 0 aliphatic heterocycles. The van der Waals surface area contributed by atoms with E-state index in [1.54, 1.807) is 13.8 Å². The lowest BCUT2D eigenvalue weighted by Gasteiger charge is -2.20. The summed E-state index contributed by atoms with van der Waals surface area (Å²) >= 11 is 0. The zero-order valence-corrected chi connectivity index (χ0v) is 20.6. The van der Waals surface area contributed by atoms with Gasteiger partial charge in [0.05, 0.1) is 23.1 Å². The molecule has 4 rings (SSSR count). The Bertz CT molecular complexity index is 1610. The number of nitrogens with one attached hydrogen (secondary N) is 1. The van der Waals surface area contributed by atoms with Gasteiger partial charge in [0.2, 0.25) is 10.0 Å². The Labute approximate surface area is 208 Å². The first-order valence-corrected chi connectivity index (χ1v) is 12.5. The Hall–Kier alpha value is -3.31. The molecule has 0 aliphatic carbocycles. The number of benzene rings is 4. The zero-order valence-electron chi connectivity index (χ0n) is 19.8. The van der Waals surface area contributed by atoms with Gasteiger partial charge in [-0.2, -0.15) is 26.3 Å². The molecule has 11 heteroatoms. The Balaban J connectivity index is 2.17. The predicted octanol–water partition coefficient (Wildman–Crippen LogP) is 7.39. The van der Waals surface area contributed by atoms with Crippen LogP contribution in [0.15, 0.2) is 65.6 Å². The molecule has 4 aromatic rings. The smallest absolute Gasteiger partial charge is 0.416 e. The molecule has 196 valence electrons. The largest absolute Gasteiger partial charge is 0.496 e. The van der Waals surface area contributed by atoms with Crippen molar-refractivity contribution in [3.63, 3.8) is 0 Å². The summed E-state index contributed by atoms with van der Waals surface area (Å²) in [5.74, 6) is 0.139. The van der Waals surface area contributed by atoms with Crippen LogP contribution in [0.25, 0.3) is 32.7 Å². The fraction of sp³-hybridized carbons (Fsp3) is 0.231. The van der Waals surface area contributed by atoms with E-state index >= 15 is 0 Å². The molecule has 4 nitrogen and oxygen atoms in total. The third-order valence-corrected chi connectivity index (χ3v) is 7.47. The number of sulfonamides is 1. The maximum Gasteiger partial charge on any atom is 0.416 e. The van der Waals surface area contributed by atoms with E-state index in [-0.39, 0.29) is 43.3 Å². The second kappa shape index (κ2) is 9.21. The van der Waals surface area contributed by atoms with Crippen molar-refractivity contribution in [2.45, 2.75) is 37.1 Å². The Morgan fingerprint density at radius 1 is 0.730 bits per heavy atom. The molecule has 0 saturated heterocycles. The van der Waals surface area contributed by atoms with Gasteiger partial charge in [-0.25, -0.2) is 13.1 Å². The average Bonchev–Trinajstić information content (AvgIpc) is 2.79. The molecule has 1 N–H and O–H groups in total. The molecule has 0 fully saturated rings. The zero-order chi connectivity index (χ0) is 27.3. The van der Waals surface area contributed by atoms with Gasteiger partial charge in [-0.1, -0.05) is 24.3 Å². The van der Waals surface area contributed by atoms with Gasteiger partial charge in [-0.05, 0) is 71.8 Å². The number of halogens is 6. The summed E-state index contributed by atoms with van der Waals surface area (Å²) in [7, 11) is -2.89. The van der Waals surface area contributed by atoms with Crippen LogP contribution in [-0.2, 0) is 22.4 Å². The molecule has 0 amide bonds. The molecular formula is C26H21F6NO3S. The van der Waals surface area contributed by atoms with Gasteiger partial charge in [0.15, 0.2) is 0 Å². The fourth-order valence-corrected chi connectivity index (χ4v) is 5.73. The predicted molar refractivity (Wildman–Crippen MR) is 129 cm³/mol. The number of alkyl halides is 6. The molecule has 37 heavy (non-hydrogen) atoms. The molecule has 0 bridgehead atoms. The van der Waals surface area contributed by atoms with Gasteiger partial charge in [-0.3, -0.25) is 0 Å². The Kier molecular flexibility index (Phi) is 6.66. The molecule has 0 unspecified atom stereocenters. The summed E-state index contributed by atoms with van der Waals surface area (Å²) in [5, 5.41) is 0.639. The van der Waals surface area contributed by atoms with Crippen LogP contribution in [-0.4, -0.2) is 21.6 Å². The van der Waals surface area contributed by atoms with Crippen LogP contribution in [0.5, 0.6) is 5.75 Å². The van der Waals surface area contributed by atoms with Gasteiger partial charge >= 0.3 is 12.4 Å². The summed E-state index contributed by atoms with van der Waals surface area (Å²) in [6, 6.07) is 10.6. The molecule has 0 aromatic heterocycles. The summed E-state index contributed by atoms with van der Waals surface area (Å²) in [5.41, 5.74) is -1.68. The number of fused-ring (bicyclic) bond motifs is 2. The quantitative estimate of drug-likeness (QED) is 0.268. The van der Waals surface area contributed by atoms with Crippen LogP contribution in [0.3, 0.4) is 0 Å². The fourth-order valence-electron chi connectivity index (χ4n) is 4.26. The van der Waals surface area contributed by atoms with Crippen LogP contribution >= 0.6 is 0 Å². The van der Waals surface area contributed by atoms with Gasteiger partial charge < -0.3 is 4.74 Å². The minimum Gasteiger partial charge on any atom is -0.496 e. The maximum atomic E-state index is 13.4. The van der Waals surface area contributed by atoms with Crippen LogP contribution in [0.2, 0.25) is 0 Å². The molecule has 4 aromatic carbocycles. The van der Waals surface area contributed by atoms with Gasteiger partial charge in [-0.15, -0.1) is 0 Å². The van der Waals surface area contributed by atoms with Crippen molar-refractivity contribution >= 4 is 31.6 Å². The molecule has 0 aliphatic rings. The van der Waals surface area contributed by atoms with Crippen LogP contribution < -0.4 is 9.46 Å². The Morgan fingerprint density at radius 2 is 1.22 bits per heavy atom. The number of hydrogen-bond donors (Lipinski definition) is 1. The molecule has 0 heterocycles.